The lowest BCUT2D eigenvalue weighted by atomic mass is 9.86. The second kappa shape index (κ2) is 8.97. The molecule has 1 rings (SSSR count). The van der Waals surface area contributed by atoms with E-state index in [4.69, 9.17) is 0 Å². The molecule has 0 aliphatic carbocycles. The molecule has 1 aliphatic rings. The van der Waals surface area contributed by atoms with E-state index in [1.54, 1.807) is 0 Å². The number of rotatable bonds is 8. The zero-order valence-electron chi connectivity index (χ0n) is 13.8. The van der Waals surface area contributed by atoms with Crippen molar-refractivity contribution in [3.63, 3.8) is 0 Å². The Morgan fingerprint density at radius 1 is 1.16 bits per heavy atom. The summed E-state index contributed by atoms with van der Waals surface area (Å²) in [5.74, 6) is 0.982. The van der Waals surface area contributed by atoms with E-state index in [1.807, 2.05) is 0 Å². The zero-order chi connectivity index (χ0) is 14.1. The summed E-state index contributed by atoms with van der Waals surface area (Å²) in [7, 11) is 0. The van der Waals surface area contributed by atoms with Gasteiger partial charge in [0.05, 0.1) is 0 Å². The van der Waals surface area contributed by atoms with Crippen LogP contribution in [0.5, 0.6) is 0 Å². The number of hydrogen-bond donors (Lipinski definition) is 1. The van der Waals surface area contributed by atoms with E-state index >= 15 is 0 Å². The number of hydrogen-bond acceptors (Lipinski definition) is 2. The molecule has 0 aromatic carbocycles. The van der Waals surface area contributed by atoms with Gasteiger partial charge in [-0.2, -0.15) is 0 Å². The minimum Gasteiger partial charge on any atom is -0.316 e. The molecular formula is C17H36N2. The summed E-state index contributed by atoms with van der Waals surface area (Å²) in [6.07, 6.45) is 8.15. The number of nitrogens with zero attached hydrogens (tertiary/aromatic N) is 1. The van der Waals surface area contributed by atoms with Gasteiger partial charge in [-0.05, 0) is 63.1 Å². The van der Waals surface area contributed by atoms with Crippen LogP contribution in [0.1, 0.15) is 66.2 Å². The van der Waals surface area contributed by atoms with Gasteiger partial charge < -0.3 is 10.2 Å². The largest absolute Gasteiger partial charge is 0.316 e. The van der Waals surface area contributed by atoms with Crippen LogP contribution in [-0.2, 0) is 0 Å². The van der Waals surface area contributed by atoms with E-state index in [0.717, 1.165) is 12.5 Å². The normalized spacial score (nSPS) is 24.9. The molecule has 0 bridgehead atoms. The van der Waals surface area contributed by atoms with Gasteiger partial charge in [-0.25, -0.2) is 0 Å². The highest BCUT2D eigenvalue weighted by molar-refractivity contribution is 4.81. The van der Waals surface area contributed by atoms with Crippen molar-refractivity contribution in [3.05, 3.63) is 0 Å². The third-order valence-electron chi connectivity index (χ3n) is 4.96. The minimum absolute atomic E-state index is 0.446. The van der Waals surface area contributed by atoms with E-state index in [9.17, 15) is 0 Å². The van der Waals surface area contributed by atoms with Crippen LogP contribution in [0.25, 0.3) is 0 Å². The molecule has 1 fully saturated rings. The molecule has 1 N–H and O–H groups in total. The topological polar surface area (TPSA) is 15.3 Å². The van der Waals surface area contributed by atoms with Gasteiger partial charge >= 0.3 is 0 Å². The lowest BCUT2D eigenvalue weighted by molar-refractivity contribution is 0.157. The fourth-order valence-corrected chi connectivity index (χ4v) is 3.19. The molecule has 0 aromatic heterocycles. The number of nitrogens with one attached hydrogen (secondary N) is 1. The first kappa shape index (κ1) is 17.0. The van der Waals surface area contributed by atoms with Crippen LogP contribution in [0, 0.1) is 11.3 Å². The monoisotopic (exact) mass is 268 g/mol. The molecule has 19 heavy (non-hydrogen) atoms. The second-order valence-electron chi connectivity index (χ2n) is 6.82. The summed E-state index contributed by atoms with van der Waals surface area (Å²) in [6.45, 7) is 15.6. The van der Waals surface area contributed by atoms with E-state index in [2.05, 4.69) is 37.9 Å². The van der Waals surface area contributed by atoms with Gasteiger partial charge in [0, 0.05) is 13.1 Å². The van der Waals surface area contributed by atoms with E-state index in [1.165, 1.54) is 64.7 Å². The summed E-state index contributed by atoms with van der Waals surface area (Å²) < 4.78 is 0. The Morgan fingerprint density at radius 3 is 2.58 bits per heavy atom. The molecule has 0 saturated carbocycles. The van der Waals surface area contributed by atoms with Crippen molar-refractivity contribution in [1.82, 2.24) is 10.2 Å². The third-order valence-corrected chi connectivity index (χ3v) is 4.96. The Labute approximate surface area is 121 Å². The molecule has 0 aromatic rings. The zero-order valence-corrected chi connectivity index (χ0v) is 13.8. The van der Waals surface area contributed by atoms with Gasteiger partial charge in [0.15, 0.2) is 0 Å². The fourth-order valence-electron chi connectivity index (χ4n) is 3.19. The van der Waals surface area contributed by atoms with Crippen molar-refractivity contribution in [2.24, 2.45) is 11.3 Å². The van der Waals surface area contributed by atoms with Crippen LogP contribution in [0.2, 0.25) is 0 Å². The molecule has 2 nitrogen and oxygen atoms in total. The average Bonchev–Trinajstić information content (AvgIpc) is 2.64. The summed E-state index contributed by atoms with van der Waals surface area (Å²) in [6, 6.07) is 0. The first-order valence-electron chi connectivity index (χ1n) is 8.56. The minimum atomic E-state index is 0.446. The molecule has 0 radical (unpaired) electrons. The predicted molar refractivity (Wildman–Crippen MR) is 85.6 cm³/mol. The van der Waals surface area contributed by atoms with E-state index in [-0.39, 0.29) is 0 Å². The molecule has 1 aliphatic heterocycles. The van der Waals surface area contributed by atoms with Gasteiger partial charge in [0.2, 0.25) is 0 Å². The van der Waals surface area contributed by atoms with Crippen molar-refractivity contribution >= 4 is 0 Å². The molecule has 0 amide bonds. The maximum atomic E-state index is 3.63. The summed E-state index contributed by atoms with van der Waals surface area (Å²) in [4.78, 5) is 2.73. The standard InChI is InChI=1S/C17H36N2/c1-5-11-18-14-17(4,7-3)15-19-12-8-9-16(6-2)10-13-19/h16,18H,5-15H2,1-4H3. The Balaban J connectivity index is 2.41. The number of likely N-dealkylation sites (tertiary alicyclic amines) is 1. The smallest absolute Gasteiger partial charge is 0.00474 e. The van der Waals surface area contributed by atoms with Gasteiger partial charge in [0.25, 0.3) is 0 Å². The van der Waals surface area contributed by atoms with Gasteiger partial charge in [-0.3, -0.25) is 0 Å². The van der Waals surface area contributed by atoms with Gasteiger partial charge in [-0.15, -0.1) is 0 Å². The quantitative estimate of drug-likeness (QED) is 0.671. The van der Waals surface area contributed by atoms with Gasteiger partial charge in [-0.1, -0.05) is 34.1 Å². The van der Waals surface area contributed by atoms with Crippen LogP contribution in [0.15, 0.2) is 0 Å². The lowest BCUT2D eigenvalue weighted by Crippen LogP contribution is -2.42. The lowest BCUT2D eigenvalue weighted by Gasteiger charge is -2.35. The molecule has 1 heterocycles. The van der Waals surface area contributed by atoms with E-state index in [0.29, 0.717) is 5.41 Å². The molecule has 2 unspecified atom stereocenters. The molecule has 114 valence electrons. The molecule has 2 atom stereocenters. The van der Waals surface area contributed by atoms with Crippen LogP contribution in [0.4, 0.5) is 0 Å². The average molecular weight is 268 g/mol. The Hall–Kier alpha value is -0.0800. The Bertz CT molecular complexity index is 229. The maximum Gasteiger partial charge on any atom is 0.00474 e. The third kappa shape index (κ3) is 6.27. The van der Waals surface area contributed by atoms with Crippen LogP contribution >= 0.6 is 0 Å². The SMILES string of the molecule is CCCNCC(C)(CC)CN1CCCC(CC)CC1. The van der Waals surface area contributed by atoms with Crippen LogP contribution < -0.4 is 5.32 Å². The molecule has 1 saturated heterocycles. The van der Waals surface area contributed by atoms with Crippen molar-refractivity contribution in [2.75, 3.05) is 32.7 Å². The summed E-state index contributed by atoms with van der Waals surface area (Å²) >= 11 is 0. The van der Waals surface area contributed by atoms with Crippen LogP contribution in [0.3, 0.4) is 0 Å². The highest BCUT2D eigenvalue weighted by Crippen LogP contribution is 2.26. The Morgan fingerprint density at radius 2 is 1.95 bits per heavy atom. The Kier molecular flexibility index (Phi) is 8.01. The van der Waals surface area contributed by atoms with Crippen molar-refractivity contribution < 1.29 is 0 Å². The molecule has 2 heteroatoms. The molecular weight excluding hydrogens is 232 g/mol. The van der Waals surface area contributed by atoms with Crippen molar-refractivity contribution in [2.45, 2.75) is 66.2 Å². The highest BCUT2D eigenvalue weighted by atomic mass is 15.1. The predicted octanol–water partition coefficient (Wildman–Crippen LogP) is 3.91. The molecule has 0 spiro atoms. The van der Waals surface area contributed by atoms with Crippen LogP contribution in [-0.4, -0.2) is 37.6 Å². The second-order valence-corrected chi connectivity index (χ2v) is 6.82. The highest BCUT2D eigenvalue weighted by Gasteiger charge is 2.26. The fraction of sp³-hybridized carbons (Fsp3) is 1.00. The van der Waals surface area contributed by atoms with Crippen molar-refractivity contribution in [1.29, 1.82) is 0 Å². The summed E-state index contributed by atoms with van der Waals surface area (Å²) in [5.41, 5.74) is 0.446. The first-order valence-corrected chi connectivity index (χ1v) is 8.56. The van der Waals surface area contributed by atoms with Gasteiger partial charge in [0.1, 0.15) is 0 Å². The van der Waals surface area contributed by atoms with E-state index < -0.39 is 0 Å². The van der Waals surface area contributed by atoms with Crippen molar-refractivity contribution in [3.8, 4) is 0 Å². The summed E-state index contributed by atoms with van der Waals surface area (Å²) in [5, 5.41) is 3.63. The first-order chi connectivity index (χ1) is 9.13. The maximum absolute atomic E-state index is 3.63.